The van der Waals surface area contributed by atoms with Crippen molar-refractivity contribution in [1.29, 1.82) is 0 Å². The van der Waals surface area contributed by atoms with Crippen molar-refractivity contribution < 1.29 is 48.5 Å². The fraction of sp³-hybridized carbons (Fsp3) is 0.472. The summed E-state index contributed by atoms with van der Waals surface area (Å²) in [4.78, 5) is 95.1. The fourth-order valence-electron chi connectivity index (χ4n) is 8.51. The Labute approximate surface area is 287 Å². The molecule has 1 saturated heterocycles. The number of fused-ring (bicyclic) bond motifs is 3. The van der Waals surface area contributed by atoms with Crippen molar-refractivity contribution in [2.75, 3.05) is 46.2 Å². The highest BCUT2D eigenvalue weighted by Gasteiger charge is 2.69. The quantitative estimate of drug-likeness (QED) is 0.229. The molecular formula is C36H40N4O10. The number of anilines is 1. The van der Waals surface area contributed by atoms with Gasteiger partial charge in [-0.2, -0.15) is 0 Å². The topological polar surface area (TPSA) is 214 Å². The minimum absolute atomic E-state index is 0.0513. The molecule has 2 aromatic carbocycles. The lowest BCUT2D eigenvalue weighted by Crippen LogP contribution is -2.74. The molecule has 5 N–H and O–H groups in total. The van der Waals surface area contributed by atoms with Crippen LogP contribution in [-0.4, -0.2) is 113 Å². The predicted octanol–water partition coefficient (Wildman–Crippen LogP) is 0.358. The minimum Gasteiger partial charge on any atom is -0.507 e. The molecule has 14 heteroatoms. The Morgan fingerprint density at radius 1 is 1.02 bits per heavy atom. The van der Waals surface area contributed by atoms with Gasteiger partial charge < -0.3 is 26.0 Å². The number of rotatable bonds is 7. The number of methoxy groups -OCH3 is 1. The van der Waals surface area contributed by atoms with Crippen molar-refractivity contribution in [3.63, 3.8) is 0 Å². The lowest BCUT2D eigenvalue weighted by atomic mass is 9.52. The van der Waals surface area contributed by atoms with E-state index in [4.69, 9.17) is 10.5 Å². The number of carbonyl (C=O) groups excluding carboxylic acids is 7. The normalized spacial score (nSPS) is 28.5. The highest BCUT2D eigenvalue weighted by molar-refractivity contribution is 6.32. The second kappa shape index (κ2) is 13.2. The van der Waals surface area contributed by atoms with Gasteiger partial charge in [0.05, 0.1) is 37.1 Å². The molecule has 4 aliphatic rings. The van der Waals surface area contributed by atoms with Crippen LogP contribution in [0.1, 0.15) is 35.2 Å². The summed E-state index contributed by atoms with van der Waals surface area (Å²) in [5.74, 6) is -11.7. The molecule has 0 radical (unpaired) electrons. The number of hydrogen-bond acceptors (Lipinski definition) is 12. The number of phenols is 1. The average molecular weight is 689 g/mol. The second-order valence-corrected chi connectivity index (χ2v) is 14.0. The number of aromatic hydroxyl groups is 1. The number of likely N-dealkylation sites (tertiary alicyclic amines) is 1. The van der Waals surface area contributed by atoms with Crippen molar-refractivity contribution in [2.24, 2.45) is 35.3 Å². The molecule has 0 aromatic heterocycles. The van der Waals surface area contributed by atoms with Crippen LogP contribution in [0.5, 0.6) is 5.75 Å². The van der Waals surface area contributed by atoms with E-state index in [0.717, 1.165) is 0 Å². The highest BCUT2D eigenvalue weighted by atomic mass is 16.5. The lowest BCUT2D eigenvalue weighted by Gasteiger charge is -2.52. The molecule has 2 aromatic rings. The first kappa shape index (κ1) is 35.1. The van der Waals surface area contributed by atoms with Gasteiger partial charge in [-0.3, -0.25) is 43.4 Å². The minimum atomic E-state index is -2.79. The molecule has 1 heterocycles. The van der Waals surface area contributed by atoms with Crippen molar-refractivity contribution in [3.8, 4) is 16.9 Å². The number of carbonyl (C=O) groups is 7. The Balaban J connectivity index is 1.24. The van der Waals surface area contributed by atoms with Gasteiger partial charge in [0, 0.05) is 11.6 Å². The van der Waals surface area contributed by atoms with Crippen LogP contribution in [-0.2, 0) is 39.9 Å². The molecule has 14 nitrogen and oxygen atoms in total. The largest absolute Gasteiger partial charge is 0.507 e. The van der Waals surface area contributed by atoms with Gasteiger partial charge in [-0.05, 0) is 93.7 Å². The van der Waals surface area contributed by atoms with E-state index in [1.807, 2.05) is 4.90 Å². The summed E-state index contributed by atoms with van der Waals surface area (Å²) in [6.07, 6.45) is 1.31. The number of likely N-dealkylation sites (N-methyl/N-ethyl adjacent to an activating group) is 1. The molecule has 50 heavy (non-hydrogen) atoms. The summed E-state index contributed by atoms with van der Waals surface area (Å²) in [7, 11) is 4.44. The average Bonchev–Trinajstić information content (AvgIpc) is 3.06. The van der Waals surface area contributed by atoms with Crippen LogP contribution >= 0.6 is 0 Å². The molecular weight excluding hydrogens is 648 g/mol. The van der Waals surface area contributed by atoms with Crippen LogP contribution in [0.25, 0.3) is 11.1 Å². The number of piperidine rings is 1. The molecule has 1 aliphatic heterocycles. The number of esters is 1. The predicted molar refractivity (Wildman–Crippen MR) is 177 cm³/mol. The van der Waals surface area contributed by atoms with Gasteiger partial charge in [0.2, 0.25) is 11.8 Å². The third-order valence-electron chi connectivity index (χ3n) is 10.9. The van der Waals surface area contributed by atoms with E-state index >= 15 is 0 Å². The number of phenolic OH excluding ortho intramolecular Hbond substituents is 1. The van der Waals surface area contributed by atoms with E-state index in [2.05, 4.69) is 5.32 Å². The Morgan fingerprint density at radius 2 is 1.68 bits per heavy atom. The van der Waals surface area contributed by atoms with E-state index < -0.39 is 64.4 Å². The smallest absolute Gasteiger partial charge is 0.308 e. The van der Waals surface area contributed by atoms with Crippen LogP contribution in [0.4, 0.5) is 5.69 Å². The van der Waals surface area contributed by atoms with Crippen molar-refractivity contribution >= 4 is 46.6 Å². The maximum Gasteiger partial charge on any atom is 0.308 e. The number of amides is 2. The van der Waals surface area contributed by atoms with Crippen molar-refractivity contribution in [1.82, 2.24) is 9.80 Å². The van der Waals surface area contributed by atoms with Gasteiger partial charge in [0.25, 0.3) is 0 Å². The van der Waals surface area contributed by atoms with Crippen molar-refractivity contribution in [2.45, 2.75) is 37.3 Å². The molecule has 6 rings (SSSR count). The molecule has 2 saturated carbocycles. The summed E-state index contributed by atoms with van der Waals surface area (Å²) in [5.41, 5.74) is 4.80. The number of Topliss-reactive ketones (excluding diaryl/α,β-unsaturated/α-hetero) is 4. The van der Waals surface area contributed by atoms with Gasteiger partial charge in [-0.25, -0.2) is 0 Å². The number of nitrogens with two attached hydrogens (primary N) is 1. The van der Waals surface area contributed by atoms with Crippen LogP contribution in [0.3, 0.4) is 0 Å². The monoisotopic (exact) mass is 688 g/mol. The maximum atomic E-state index is 14.0. The molecule has 264 valence electrons. The van der Waals surface area contributed by atoms with E-state index in [0.29, 0.717) is 48.3 Å². The maximum absolute atomic E-state index is 14.0. The SMILES string of the molecule is COC(=O)C1CCN(CC(=O)Nc2ccc(-c3ccc(O)c4c3C[C@H]3C[C@H]5C(N(C)C)C(=O)C(C(N)=O)C(=O)[C@@]5(O)C(=O)C3C4=O)cc2)CC1. The van der Waals surface area contributed by atoms with E-state index in [1.165, 1.54) is 32.2 Å². The third-order valence-corrected chi connectivity index (χ3v) is 10.9. The summed E-state index contributed by atoms with van der Waals surface area (Å²) in [6.45, 7) is 1.36. The first-order valence-corrected chi connectivity index (χ1v) is 16.6. The summed E-state index contributed by atoms with van der Waals surface area (Å²) in [6, 6.07) is 8.75. The Bertz CT molecular complexity index is 1800. The molecule has 6 atom stereocenters. The number of hydrogen-bond donors (Lipinski definition) is 4. The highest BCUT2D eigenvalue weighted by Crippen LogP contribution is 2.51. The van der Waals surface area contributed by atoms with Gasteiger partial charge in [-0.15, -0.1) is 0 Å². The third kappa shape index (κ3) is 5.70. The first-order valence-electron chi connectivity index (χ1n) is 16.6. The van der Waals surface area contributed by atoms with Crippen LogP contribution in [0.2, 0.25) is 0 Å². The summed E-state index contributed by atoms with van der Waals surface area (Å²) >= 11 is 0. The van der Waals surface area contributed by atoms with Crippen LogP contribution < -0.4 is 11.1 Å². The molecule has 0 bridgehead atoms. The summed E-state index contributed by atoms with van der Waals surface area (Å²) < 4.78 is 4.82. The number of nitrogens with zero attached hydrogens (tertiary/aromatic N) is 2. The van der Waals surface area contributed by atoms with Gasteiger partial charge in [0.15, 0.2) is 34.7 Å². The van der Waals surface area contributed by atoms with Gasteiger partial charge in [-0.1, -0.05) is 18.2 Å². The number of primary amides is 1. The zero-order valence-electron chi connectivity index (χ0n) is 28.0. The number of ether oxygens (including phenoxy) is 1. The molecule has 0 spiro atoms. The Morgan fingerprint density at radius 3 is 2.28 bits per heavy atom. The Kier molecular flexibility index (Phi) is 9.22. The lowest BCUT2D eigenvalue weighted by molar-refractivity contribution is -0.181. The number of ketones is 4. The van der Waals surface area contributed by atoms with Crippen LogP contribution in [0, 0.1) is 29.6 Å². The van der Waals surface area contributed by atoms with E-state index in [1.54, 1.807) is 30.3 Å². The number of nitrogens with one attached hydrogen (secondary N) is 1. The fourth-order valence-corrected chi connectivity index (χ4v) is 8.51. The molecule has 2 amide bonds. The first-order chi connectivity index (χ1) is 23.7. The molecule has 3 aliphatic carbocycles. The van der Waals surface area contributed by atoms with Crippen molar-refractivity contribution in [3.05, 3.63) is 47.5 Å². The summed E-state index contributed by atoms with van der Waals surface area (Å²) in [5, 5.41) is 25.5. The van der Waals surface area contributed by atoms with E-state index in [9.17, 15) is 43.8 Å². The molecule has 3 unspecified atom stereocenters. The zero-order chi connectivity index (χ0) is 36.2. The molecule has 3 fully saturated rings. The zero-order valence-corrected chi connectivity index (χ0v) is 28.0. The van der Waals surface area contributed by atoms with Crippen LogP contribution in [0.15, 0.2) is 36.4 Å². The van der Waals surface area contributed by atoms with E-state index in [-0.39, 0.29) is 48.5 Å². The number of benzene rings is 2. The standard InChI is InChI=1S/C36H40N4O10/c1-39(2)29-23-15-19-14-22-21(17-4-6-20(7-5-17)38-25(42)16-40-12-10-18(11-13-40)35(48)50-3)8-9-24(41)27(22)30(43)26(19)32(45)36(23,49)33(46)28(31(29)44)34(37)47/h4-9,18-19,23,26,28-29,41,49H,10-16H2,1-3H3,(H2,37,47)(H,38,42)/t19-,23-,26?,28?,29?,36-/m0/s1. The second-order valence-electron chi connectivity index (χ2n) is 14.0. The Hall–Kier alpha value is -4.79. The number of aliphatic hydroxyl groups is 1. The van der Waals surface area contributed by atoms with Gasteiger partial charge in [0.1, 0.15) is 5.75 Å². The van der Waals surface area contributed by atoms with Gasteiger partial charge >= 0.3 is 5.97 Å².